The first-order chi connectivity index (χ1) is 12.1. The molecule has 5 atom stereocenters. The summed E-state index contributed by atoms with van der Waals surface area (Å²) in [7, 11) is 0. The summed E-state index contributed by atoms with van der Waals surface area (Å²) in [6.45, 7) is 6.12. The molecule has 1 aliphatic heterocycles. The first-order valence-electron chi connectivity index (χ1n) is 9.59. The van der Waals surface area contributed by atoms with Gasteiger partial charge in [0.1, 0.15) is 6.10 Å². The monoisotopic (exact) mass is 340 g/mol. The Kier molecular flexibility index (Phi) is 4.40. The van der Waals surface area contributed by atoms with Crippen LogP contribution in [0.15, 0.2) is 36.2 Å². The van der Waals surface area contributed by atoms with Gasteiger partial charge in [-0.2, -0.15) is 0 Å². The van der Waals surface area contributed by atoms with E-state index in [1.807, 2.05) is 18.3 Å². The van der Waals surface area contributed by atoms with E-state index < -0.39 is 0 Å². The van der Waals surface area contributed by atoms with Crippen LogP contribution in [0.2, 0.25) is 0 Å². The van der Waals surface area contributed by atoms with Crippen molar-refractivity contribution in [1.82, 2.24) is 10.3 Å². The summed E-state index contributed by atoms with van der Waals surface area (Å²) in [6, 6.07) is 3.99. The molecular weight excluding hydrogens is 312 g/mol. The van der Waals surface area contributed by atoms with Crippen LogP contribution in [0, 0.1) is 23.2 Å². The number of esters is 1. The number of hydrogen-bond acceptors (Lipinski definition) is 4. The zero-order valence-electron chi connectivity index (χ0n) is 15.2. The summed E-state index contributed by atoms with van der Waals surface area (Å²) in [6.07, 6.45) is 10.9. The van der Waals surface area contributed by atoms with Crippen molar-refractivity contribution in [3.8, 4) is 0 Å². The SMILES string of the molecule is C[C@H]1CCC[C@]2(C)C[C@H]3OC(=O)[C@@H](CNCc4cccnc4)[C@H]3C=C12. The minimum Gasteiger partial charge on any atom is -0.461 e. The molecular formula is C21H28N2O2. The van der Waals surface area contributed by atoms with Gasteiger partial charge in [0.15, 0.2) is 0 Å². The van der Waals surface area contributed by atoms with E-state index in [4.69, 9.17) is 4.74 Å². The summed E-state index contributed by atoms with van der Waals surface area (Å²) < 4.78 is 5.79. The fourth-order valence-corrected chi connectivity index (χ4v) is 5.16. The first kappa shape index (κ1) is 16.8. The van der Waals surface area contributed by atoms with Gasteiger partial charge in [-0.1, -0.05) is 38.0 Å². The van der Waals surface area contributed by atoms with Gasteiger partial charge in [-0.25, -0.2) is 0 Å². The number of ether oxygens (including phenoxy) is 1. The third kappa shape index (κ3) is 3.12. The van der Waals surface area contributed by atoms with Gasteiger partial charge in [-0.05, 0) is 42.2 Å². The highest BCUT2D eigenvalue weighted by Crippen LogP contribution is 2.53. The molecule has 1 saturated carbocycles. The van der Waals surface area contributed by atoms with E-state index in [1.165, 1.54) is 19.3 Å². The van der Waals surface area contributed by atoms with Gasteiger partial charge in [0.25, 0.3) is 0 Å². The molecule has 4 heteroatoms. The molecule has 2 fully saturated rings. The van der Waals surface area contributed by atoms with Gasteiger partial charge >= 0.3 is 5.97 Å². The zero-order chi connectivity index (χ0) is 17.4. The average Bonchev–Trinajstić information content (AvgIpc) is 2.88. The Hall–Kier alpha value is -1.68. The summed E-state index contributed by atoms with van der Waals surface area (Å²) >= 11 is 0. The van der Waals surface area contributed by atoms with E-state index in [0.717, 1.165) is 18.5 Å². The summed E-state index contributed by atoms with van der Waals surface area (Å²) in [5.74, 6) is 0.783. The number of nitrogens with one attached hydrogen (secondary N) is 1. The lowest BCUT2D eigenvalue weighted by molar-refractivity contribution is -0.145. The fraction of sp³-hybridized carbons (Fsp3) is 0.619. The minimum atomic E-state index is -0.0622. The predicted octanol–water partition coefficient (Wildman–Crippen LogP) is 3.49. The molecule has 3 aliphatic rings. The lowest BCUT2D eigenvalue weighted by Gasteiger charge is -2.46. The van der Waals surface area contributed by atoms with Gasteiger partial charge in [-0.3, -0.25) is 9.78 Å². The van der Waals surface area contributed by atoms with Gasteiger partial charge in [0.05, 0.1) is 5.92 Å². The Morgan fingerprint density at radius 1 is 1.44 bits per heavy atom. The smallest absolute Gasteiger partial charge is 0.311 e. The highest BCUT2D eigenvalue weighted by Gasteiger charge is 2.51. The van der Waals surface area contributed by atoms with E-state index in [1.54, 1.807) is 11.8 Å². The number of allylic oxidation sites excluding steroid dienone is 1. The highest BCUT2D eigenvalue weighted by molar-refractivity contribution is 5.76. The number of carbonyl (C=O) groups excluding carboxylic acids is 1. The lowest BCUT2D eigenvalue weighted by Crippen LogP contribution is -2.40. The molecule has 1 aromatic heterocycles. The van der Waals surface area contributed by atoms with Crippen molar-refractivity contribution < 1.29 is 9.53 Å². The molecule has 0 spiro atoms. The molecule has 1 saturated heterocycles. The fourth-order valence-electron chi connectivity index (χ4n) is 5.16. The maximum absolute atomic E-state index is 12.5. The van der Waals surface area contributed by atoms with Crippen LogP contribution < -0.4 is 5.32 Å². The van der Waals surface area contributed by atoms with Crippen molar-refractivity contribution in [2.75, 3.05) is 6.54 Å². The molecule has 25 heavy (non-hydrogen) atoms. The number of rotatable bonds is 4. The van der Waals surface area contributed by atoms with Crippen LogP contribution in [-0.4, -0.2) is 23.6 Å². The Morgan fingerprint density at radius 2 is 2.32 bits per heavy atom. The van der Waals surface area contributed by atoms with Crippen LogP contribution in [-0.2, 0) is 16.1 Å². The summed E-state index contributed by atoms with van der Waals surface area (Å²) in [4.78, 5) is 16.6. The Bertz CT molecular complexity index is 672. The van der Waals surface area contributed by atoms with Crippen molar-refractivity contribution >= 4 is 5.97 Å². The normalized spacial score (nSPS) is 37.0. The highest BCUT2D eigenvalue weighted by atomic mass is 16.6. The van der Waals surface area contributed by atoms with Crippen LogP contribution >= 0.6 is 0 Å². The second-order valence-corrected chi connectivity index (χ2v) is 8.33. The largest absolute Gasteiger partial charge is 0.461 e. The van der Waals surface area contributed by atoms with E-state index >= 15 is 0 Å². The number of nitrogens with zero attached hydrogens (tertiary/aromatic N) is 1. The van der Waals surface area contributed by atoms with Gasteiger partial charge in [0.2, 0.25) is 0 Å². The van der Waals surface area contributed by atoms with Crippen molar-refractivity contribution in [3.05, 3.63) is 41.7 Å². The van der Waals surface area contributed by atoms with Gasteiger partial charge in [-0.15, -0.1) is 0 Å². The van der Waals surface area contributed by atoms with Crippen LogP contribution in [0.5, 0.6) is 0 Å². The maximum atomic E-state index is 12.5. The topological polar surface area (TPSA) is 51.2 Å². The zero-order valence-corrected chi connectivity index (χ0v) is 15.2. The third-order valence-electron chi connectivity index (χ3n) is 6.50. The molecule has 4 rings (SSSR count). The number of hydrogen-bond donors (Lipinski definition) is 1. The molecule has 4 nitrogen and oxygen atoms in total. The number of carbonyl (C=O) groups is 1. The second-order valence-electron chi connectivity index (χ2n) is 8.33. The molecule has 0 radical (unpaired) electrons. The predicted molar refractivity (Wildman–Crippen MR) is 96.6 cm³/mol. The number of aromatic nitrogens is 1. The molecule has 134 valence electrons. The lowest BCUT2D eigenvalue weighted by atomic mass is 9.59. The van der Waals surface area contributed by atoms with Crippen LogP contribution in [0.4, 0.5) is 0 Å². The van der Waals surface area contributed by atoms with Crippen molar-refractivity contribution in [2.24, 2.45) is 23.2 Å². The standard InChI is InChI=1S/C21H28N2O2/c1-14-5-3-7-21(2)10-19-16(9-18(14)21)17(20(24)25-19)13-23-12-15-6-4-8-22-11-15/h4,6,8-9,11,14,16-17,19,23H,3,5,7,10,12-13H2,1-2H3/t14-,16+,17-,19+,21+/m0/s1. The average molecular weight is 340 g/mol. The van der Waals surface area contributed by atoms with Gasteiger partial charge in [0, 0.05) is 31.4 Å². The van der Waals surface area contributed by atoms with Crippen LogP contribution in [0.1, 0.15) is 45.1 Å². The first-order valence-corrected chi connectivity index (χ1v) is 9.59. The number of fused-ring (bicyclic) bond motifs is 2. The van der Waals surface area contributed by atoms with E-state index in [2.05, 4.69) is 30.2 Å². The van der Waals surface area contributed by atoms with E-state index in [-0.39, 0.29) is 29.3 Å². The summed E-state index contributed by atoms with van der Waals surface area (Å²) in [5.41, 5.74) is 2.95. The minimum absolute atomic E-state index is 0.0274. The molecule has 2 heterocycles. The van der Waals surface area contributed by atoms with Crippen molar-refractivity contribution in [2.45, 2.75) is 52.2 Å². The maximum Gasteiger partial charge on any atom is 0.311 e. The van der Waals surface area contributed by atoms with E-state index in [0.29, 0.717) is 12.5 Å². The molecule has 1 aromatic rings. The molecule has 0 aromatic carbocycles. The van der Waals surface area contributed by atoms with Crippen molar-refractivity contribution in [1.29, 1.82) is 0 Å². The molecule has 2 aliphatic carbocycles. The van der Waals surface area contributed by atoms with Crippen LogP contribution in [0.25, 0.3) is 0 Å². The molecule has 0 bridgehead atoms. The van der Waals surface area contributed by atoms with Crippen LogP contribution in [0.3, 0.4) is 0 Å². The quantitative estimate of drug-likeness (QED) is 0.673. The molecule has 1 N–H and O–H groups in total. The van der Waals surface area contributed by atoms with E-state index in [9.17, 15) is 4.79 Å². The van der Waals surface area contributed by atoms with Crippen molar-refractivity contribution in [3.63, 3.8) is 0 Å². The Labute approximate surface area is 150 Å². The third-order valence-corrected chi connectivity index (χ3v) is 6.50. The Balaban J connectivity index is 1.47. The second kappa shape index (κ2) is 6.56. The summed E-state index contributed by atoms with van der Waals surface area (Å²) in [5, 5.41) is 3.43. The Morgan fingerprint density at radius 3 is 3.12 bits per heavy atom. The van der Waals surface area contributed by atoms with Gasteiger partial charge < -0.3 is 10.1 Å². The number of pyridine rings is 1. The molecule has 0 unspecified atom stereocenters. The molecule has 0 amide bonds.